The average Bonchev–Trinajstić information content (AvgIpc) is 3.15. The molecule has 0 saturated carbocycles. The molecule has 3 unspecified atom stereocenters. The Morgan fingerprint density at radius 2 is 1.39 bits per heavy atom. The van der Waals surface area contributed by atoms with E-state index >= 15 is 0 Å². The number of nitrogens with zero attached hydrogens (tertiary/aromatic N) is 2. The second-order valence-electron chi connectivity index (χ2n) is 14.2. The van der Waals surface area contributed by atoms with Crippen molar-refractivity contribution in [3.8, 4) is 5.75 Å². The molecule has 6 nitrogen and oxygen atoms in total. The Morgan fingerprint density at radius 1 is 0.759 bits per heavy atom. The van der Waals surface area contributed by atoms with Crippen molar-refractivity contribution < 1.29 is 17.7 Å². The van der Waals surface area contributed by atoms with Gasteiger partial charge in [-0.05, 0) is 90.9 Å². The number of anilines is 3. The number of hydrogen-bond acceptors (Lipinski definition) is 5. The van der Waals surface area contributed by atoms with Gasteiger partial charge < -0.3 is 14.5 Å². The van der Waals surface area contributed by atoms with Crippen LogP contribution in [-0.2, 0) is 16.7 Å². The Labute approximate surface area is 319 Å². The van der Waals surface area contributed by atoms with Gasteiger partial charge >= 0.3 is 0 Å². The number of aryl methyl sites for hydroxylation is 4. The molecule has 1 N–H and O–H groups in total. The zero-order chi connectivity index (χ0) is 38.1. The molecule has 7 heteroatoms. The van der Waals surface area contributed by atoms with E-state index in [2.05, 4.69) is 148 Å². The molecule has 3 atom stereocenters. The fourth-order valence-electron chi connectivity index (χ4n) is 8.16. The van der Waals surface area contributed by atoms with E-state index < -0.39 is 22.1 Å². The van der Waals surface area contributed by atoms with E-state index in [1.165, 1.54) is 6.07 Å². The third-order valence-corrected chi connectivity index (χ3v) is 11.6. The molecule has 5 aromatic rings. The quantitative estimate of drug-likeness (QED) is 0.108. The number of fused-ring (bicyclic) bond motifs is 2. The first-order valence-corrected chi connectivity index (χ1v) is 19.7. The molecule has 0 fully saturated rings. The summed E-state index contributed by atoms with van der Waals surface area (Å²) >= 11 is 0. The summed E-state index contributed by atoms with van der Waals surface area (Å²) in [5.74, 6) is -0.0138. The molecule has 54 heavy (non-hydrogen) atoms. The summed E-state index contributed by atoms with van der Waals surface area (Å²) in [7, 11) is -4.52. The number of allylic oxidation sites excluding steroid dienone is 1. The predicted molar refractivity (Wildman–Crippen MR) is 221 cm³/mol. The van der Waals surface area contributed by atoms with Gasteiger partial charge in [-0.1, -0.05) is 110 Å². The smallest absolute Gasteiger partial charge is 0.294 e. The highest BCUT2D eigenvalue weighted by atomic mass is 32.2. The molecule has 0 saturated heterocycles. The molecular formula is C47H46N2O4S. The van der Waals surface area contributed by atoms with Gasteiger partial charge in [0.25, 0.3) is 10.1 Å². The highest BCUT2D eigenvalue weighted by Gasteiger charge is 2.41. The van der Waals surface area contributed by atoms with Crippen molar-refractivity contribution in [3.05, 3.63) is 191 Å². The van der Waals surface area contributed by atoms with E-state index in [1.807, 2.05) is 18.2 Å². The predicted octanol–water partition coefficient (Wildman–Crippen LogP) is 10.8. The van der Waals surface area contributed by atoms with Crippen LogP contribution in [-0.4, -0.2) is 25.6 Å². The lowest BCUT2D eigenvalue weighted by atomic mass is 9.74. The summed E-state index contributed by atoms with van der Waals surface area (Å²) in [6.07, 6.45) is 9.67. The first-order chi connectivity index (χ1) is 26.0. The van der Waals surface area contributed by atoms with Crippen molar-refractivity contribution in [1.29, 1.82) is 0 Å². The van der Waals surface area contributed by atoms with E-state index in [1.54, 1.807) is 12.1 Å². The van der Waals surface area contributed by atoms with Crippen LogP contribution in [0.25, 0.3) is 6.08 Å². The summed E-state index contributed by atoms with van der Waals surface area (Å²) in [6, 6.07) is 34.0. The van der Waals surface area contributed by atoms with Crippen LogP contribution in [0.3, 0.4) is 0 Å². The lowest BCUT2D eigenvalue weighted by Crippen LogP contribution is -2.38. The molecule has 2 aliphatic rings. The third-order valence-electron chi connectivity index (χ3n) is 10.6. The molecule has 5 aromatic carbocycles. The molecule has 1 aliphatic heterocycles. The molecule has 1 heterocycles. The maximum Gasteiger partial charge on any atom is 0.294 e. The SMILES string of the molecule is C=CCN(C1=CC2Oc3cc(N(Cc4ccc(C=C)cc4)c4c(C)cccc4C)ccc3C(c3ccccc3S(=O)(=O)O)C2C=C1)c1c(C)cccc1C. The van der Waals surface area contributed by atoms with Crippen LogP contribution in [0.4, 0.5) is 17.1 Å². The molecule has 274 valence electrons. The number of hydrogen-bond donors (Lipinski definition) is 1. The second kappa shape index (κ2) is 15.0. The van der Waals surface area contributed by atoms with Crippen molar-refractivity contribution in [2.45, 2.75) is 51.2 Å². The van der Waals surface area contributed by atoms with Crippen LogP contribution >= 0.6 is 0 Å². The summed E-state index contributed by atoms with van der Waals surface area (Å²) < 4.78 is 43.1. The van der Waals surface area contributed by atoms with Crippen LogP contribution < -0.4 is 14.5 Å². The Balaban J connectivity index is 1.39. The summed E-state index contributed by atoms with van der Waals surface area (Å²) in [5.41, 5.74) is 12.3. The maximum absolute atomic E-state index is 12.8. The maximum atomic E-state index is 12.8. The third kappa shape index (κ3) is 7.05. The van der Waals surface area contributed by atoms with Crippen LogP contribution in [0.2, 0.25) is 0 Å². The summed E-state index contributed by atoms with van der Waals surface area (Å²) in [5, 5.41) is 0. The van der Waals surface area contributed by atoms with Crippen LogP contribution in [0.5, 0.6) is 5.75 Å². The van der Waals surface area contributed by atoms with Gasteiger partial charge in [0, 0.05) is 59.3 Å². The van der Waals surface area contributed by atoms with Crippen LogP contribution in [0.15, 0.2) is 151 Å². The minimum Gasteiger partial charge on any atom is -0.485 e. The van der Waals surface area contributed by atoms with E-state index in [4.69, 9.17) is 4.74 Å². The fourth-order valence-corrected chi connectivity index (χ4v) is 8.90. The monoisotopic (exact) mass is 734 g/mol. The summed E-state index contributed by atoms with van der Waals surface area (Å²) in [4.78, 5) is 4.47. The number of rotatable bonds is 11. The zero-order valence-electron chi connectivity index (χ0n) is 31.2. The van der Waals surface area contributed by atoms with Crippen molar-refractivity contribution >= 4 is 33.3 Å². The minimum atomic E-state index is -4.52. The standard InChI is InChI=1S/C47H46N2O4S/c1-7-27-48(46-31(3)13-11-14-32(46)4)37-23-25-39-42(28-37)53-43-29-38(24-26-40(43)45(39)41-17-9-10-18-44(41)54(50,51)52)49(47-33(5)15-12-16-34(47)6)30-36-21-19-35(8-2)20-22-36/h7-26,28-29,39,42,45H,1-2,27,30H2,3-6H3,(H,50,51,52). The highest BCUT2D eigenvalue weighted by Crippen LogP contribution is 2.50. The Morgan fingerprint density at radius 3 is 2.00 bits per heavy atom. The highest BCUT2D eigenvalue weighted by molar-refractivity contribution is 7.85. The van der Waals surface area contributed by atoms with Gasteiger partial charge in [0.1, 0.15) is 11.9 Å². The molecule has 1 aliphatic carbocycles. The Hall–Kier alpha value is -5.63. The average molecular weight is 735 g/mol. The van der Waals surface area contributed by atoms with Crippen molar-refractivity contribution in [2.75, 3.05) is 16.3 Å². The van der Waals surface area contributed by atoms with Gasteiger partial charge in [0.05, 0.1) is 4.90 Å². The van der Waals surface area contributed by atoms with E-state index in [9.17, 15) is 13.0 Å². The number of benzene rings is 5. The molecule has 0 aromatic heterocycles. The van der Waals surface area contributed by atoms with E-state index in [0.29, 0.717) is 24.4 Å². The van der Waals surface area contributed by atoms with Crippen LogP contribution in [0, 0.1) is 33.6 Å². The molecule has 0 spiro atoms. The molecule has 0 amide bonds. The lowest BCUT2D eigenvalue weighted by Gasteiger charge is -2.41. The van der Waals surface area contributed by atoms with Gasteiger partial charge in [-0.3, -0.25) is 4.55 Å². The normalized spacial score (nSPS) is 17.4. The minimum absolute atomic E-state index is 0.0993. The van der Waals surface area contributed by atoms with Crippen molar-refractivity contribution in [1.82, 2.24) is 0 Å². The second-order valence-corrected chi connectivity index (χ2v) is 15.6. The molecular weight excluding hydrogens is 689 g/mol. The largest absolute Gasteiger partial charge is 0.485 e. The van der Waals surface area contributed by atoms with E-state index in [0.717, 1.165) is 61.7 Å². The van der Waals surface area contributed by atoms with Gasteiger partial charge in [-0.15, -0.1) is 6.58 Å². The first-order valence-electron chi connectivity index (χ1n) is 18.2. The van der Waals surface area contributed by atoms with Crippen molar-refractivity contribution in [2.24, 2.45) is 5.92 Å². The Bertz CT molecular complexity index is 2370. The van der Waals surface area contributed by atoms with Gasteiger partial charge in [-0.25, -0.2) is 0 Å². The Kier molecular flexibility index (Phi) is 10.2. The molecule has 0 bridgehead atoms. The number of para-hydroxylation sites is 2. The van der Waals surface area contributed by atoms with Gasteiger partial charge in [0.15, 0.2) is 0 Å². The van der Waals surface area contributed by atoms with E-state index in [-0.39, 0.29) is 10.8 Å². The first kappa shape index (κ1) is 36.7. The van der Waals surface area contributed by atoms with Gasteiger partial charge in [0.2, 0.25) is 0 Å². The fraction of sp³-hybridized carbons (Fsp3) is 0.191. The van der Waals surface area contributed by atoms with Crippen molar-refractivity contribution in [3.63, 3.8) is 0 Å². The topological polar surface area (TPSA) is 70.1 Å². The zero-order valence-corrected chi connectivity index (χ0v) is 32.1. The van der Waals surface area contributed by atoms with Gasteiger partial charge in [-0.2, -0.15) is 8.42 Å². The van der Waals surface area contributed by atoms with Crippen LogP contribution in [0.1, 0.15) is 50.4 Å². The molecule has 0 radical (unpaired) electrons. The number of ether oxygens (including phenoxy) is 1. The molecule has 7 rings (SSSR count). The lowest BCUT2D eigenvalue weighted by molar-refractivity contribution is 0.164. The summed E-state index contributed by atoms with van der Waals surface area (Å²) in [6.45, 7) is 17.7.